The monoisotopic (exact) mass is 377 g/mol. The summed E-state index contributed by atoms with van der Waals surface area (Å²) < 4.78 is 22.5. The molecule has 0 radical (unpaired) electrons. The van der Waals surface area contributed by atoms with Gasteiger partial charge in [0.2, 0.25) is 5.79 Å². The molecule has 1 aromatic rings. The van der Waals surface area contributed by atoms with E-state index in [0.717, 1.165) is 62.3 Å². The summed E-state index contributed by atoms with van der Waals surface area (Å²) in [5, 5.41) is 0. The molecule has 0 saturated carbocycles. The predicted octanol–water partition coefficient (Wildman–Crippen LogP) is 4.42. The molecule has 1 atom stereocenters. The van der Waals surface area contributed by atoms with Crippen LogP contribution in [0.1, 0.15) is 63.7 Å². The first-order valence-electron chi connectivity index (χ1n) is 9.97. The van der Waals surface area contributed by atoms with Crippen molar-refractivity contribution in [2.24, 2.45) is 0 Å². The molecule has 2 aliphatic heterocycles. The van der Waals surface area contributed by atoms with E-state index in [0.29, 0.717) is 13.2 Å². The lowest BCUT2D eigenvalue weighted by molar-refractivity contribution is -0.180. The number of fused-ring (bicyclic) bond motifs is 1. The third-order valence-electron chi connectivity index (χ3n) is 4.95. The smallest absolute Gasteiger partial charge is 0.410 e. The Morgan fingerprint density at radius 3 is 2.85 bits per heavy atom. The average Bonchev–Trinajstić information content (AvgIpc) is 3.00. The Bertz CT molecular complexity index is 645. The van der Waals surface area contributed by atoms with Gasteiger partial charge < -0.3 is 23.8 Å². The van der Waals surface area contributed by atoms with Crippen molar-refractivity contribution in [3.8, 4) is 5.75 Å². The van der Waals surface area contributed by atoms with Crippen LogP contribution in [0.5, 0.6) is 5.75 Å². The highest BCUT2D eigenvalue weighted by atomic mass is 16.7. The van der Waals surface area contributed by atoms with Crippen LogP contribution in [0.3, 0.4) is 0 Å². The molecule has 0 N–H and O–H groups in total. The lowest BCUT2D eigenvalue weighted by Crippen LogP contribution is -2.35. The van der Waals surface area contributed by atoms with Gasteiger partial charge in [-0.25, -0.2) is 4.79 Å². The van der Waals surface area contributed by atoms with Crippen LogP contribution in [0.2, 0.25) is 0 Å². The molecule has 0 bridgehead atoms. The minimum Gasteiger partial charge on any atom is -0.463 e. The Balaban J connectivity index is 1.48. The number of amides is 1. The topological polar surface area (TPSA) is 57.2 Å². The first kappa shape index (κ1) is 20.0. The lowest BCUT2D eigenvalue weighted by Gasteiger charge is -2.32. The molecule has 2 heterocycles. The van der Waals surface area contributed by atoms with Crippen LogP contribution in [-0.2, 0) is 20.8 Å². The fourth-order valence-corrected chi connectivity index (χ4v) is 3.43. The van der Waals surface area contributed by atoms with E-state index < -0.39 is 5.79 Å². The molecular weight excluding hydrogens is 346 g/mol. The van der Waals surface area contributed by atoms with E-state index in [-0.39, 0.29) is 12.2 Å². The zero-order valence-electron chi connectivity index (χ0n) is 16.7. The van der Waals surface area contributed by atoms with Gasteiger partial charge in [0.15, 0.2) is 0 Å². The normalized spacial score (nSPS) is 20.9. The van der Waals surface area contributed by atoms with E-state index in [4.69, 9.17) is 18.9 Å². The molecular formula is C21H31NO5. The summed E-state index contributed by atoms with van der Waals surface area (Å²) in [4.78, 5) is 14.0. The van der Waals surface area contributed by atoms with E-state index >= 15 is 0 Å². The second-order valence-electron chi connectivity index (χ2n) is 7.59. The molecule has 0 unspecified atom stereocenters. The number of unbranched alkanes of at least 4 members (excludes halogenated alkanes) is 3. The number of carbonyl (C=O) groups is 1. The van der Waals surface area contributed by atoms with Gasteiger partial charge in [-0.2, -0.15) is 0 Å². The summed E-state index contributed by atoms with van der Waals surface area (Å²) >= 11 is 0. The van der Waals surface area contributed by atoms with Gasteiger partial charge in [0, 0.05) is 39.2 Å². The summed E-state index contributed by atoms with van der Waals surface area (Å²) in [5.41, 5.74) is 1.99. The molecule has 0 aliphatic carbocycles. The van der Waals surface area contributed by atoms with Crippen LogP contribution in [0.25, 0.3) is 0 Å². The molecule has 2 aliphatic rings. The number of cyclic esters (lactones) is 1. The average molecular weight is 377 g/mol. The molecule has 1 saturated heterocycles. The molecule has 1 fully saturated rings. The second-order valence-corrected chi connectivity index (χ2v) is 7.59. The molecule has 1 amide bonds. The molecule has 0 spiro atoms. The van der Waals surface area contributed by atoms with Crippen molar-refractivity contribution in [2.45, 2.75) is 65.0 Å². The Hall–Kier alpha value is -1.79. The number of hydrogen-bond acceptors (Lipinski definition) is 5. The highest BCUT2D eigenvalue weighted by Gasteiger charge is 2.33. The standard InChI is InChI=1S/C21H31NO5/c1-4-24-12-8-6-5-7-11-22-14-19(26-20(22)23)16-9-10-18-17(13-16)15-25-21(2,3)27-18/h9-10,13,19H,4-8,11-12,14-15H2,1-3H3/t19-/m0/s1. The third kappa shape index (κ3) is 5.36. The predicted molar refractivity (Wildman–Crippen MR) is 102 cm³/mol. The highest BCUT2D eigenvalue weighted by Crippen LogP contribution is 2.35. The van der Waals surface area contributed by atoms with E-state index in [1.54, 1.807) is 0 Å². The van der Waals surface area contributed by atoms with Crippen LogP contribution in [0.15, 0.2) is 18.2 Å². The van der Waals surface area contributed by atoms with Gasteiger partial charge in [0.25, 0.3) is 0 Å². The molecule has 150 valence electrons. The minimum atomic E-state index is -0.603. The zero-order valence-corrected chi connectivity index (χ0v) is 16.7. The fraction of sp³-hybridized carbons (Fsp3) is 0.667. The number of ether oxygens (including phenoxy) is 4. The van der Waals surface area contributed by atoms with Crippen molar-refractivity contribution in [3.63, 3.8) is 0 Å². The van der Waals surface area contributed by atoms with Crippen molar-refractivity contribution in [2.75, 3.05) is 26.3 Å². The maximum Gasteiger partial charge on any atom is 0.410 e. The van der Waals surface area contributed by atoms with E-state index in [1.807, 2.05) is 43.9 Å². The van der Waals surface area contributed by atoms with Crippen molar-refractivity contribution in [3.05, 3.63) is 29.3 Å². The van der Waals surface area contributed by atoms with E-state index in [2.05, 4.69) is 0 Å². The van der Waals surface area contributed by atoms with Crippen LogP contribution >= 0.6 is 0 Å². The number of carbonyl (C=O) groups excluding carboxylic acids is 1. The maximum atomic E-state index is 12.2. The third-order valence-corrected chi connectivity index (χ3v) is 4.95. The maximum absolute atomic E-state index is 12.2. The summed E-state index contributed by atoms with van der Waals surface area (Å²) in [5.74, 6) is 0.233. The van der Waals surface area contributed by atoms with Crippen LogP contribution in [-0.4, -0.2) is 43.1 Å². The lowest BCUT2D eigenvalue weighted by atomic mass is 10.0. The first-order valence-corrected chi connectivity index (χ1v) is 9.97. The fourth-order valence-electron chi connectivity index (χ4n) is 3.43. The van der Waals surface area contributed by atoms with Crippen molar-refractivity contribution >= 4 is 6.09 Å². The molecule has 27 heavy (non-hydrogen) atoms. The number of benzene rings is 1. The summed E-state index contributed by atoms with van der Waals surface area (Å²) in [6.45, 7) is 9.27. The van der Waals surface area contributed by atoms with Crippen LogP contribution in [0, 0.1) is 0 Å². The van der Waals surface area contributed by atoms with Gasteiger partial charge in [0.05, 0.1) is 13.2 Å². The molecule has 0 aromatic heterocycles. The second kappa shape index (κ2) is 8.93. The highest BCUT2D eigenvalue weighted by molar-refractivity contribution is 5.70. The SMILES string of the molecule is CCOCCCCCCN1C[C@@H](c2ccc3c(c2)COC(C)(C)O3)OC1=O. The van der Waals surface area contributed by atoms with Crippen molar-refractivity contribution < 1.29 is 23.7 Å². The molecule has 6 heteroatoms. The number of nitrogens with zero attached hydrogens (tertiary/aromatic N) is 1. The van der Waals surface area contributed by atoms with Gasteiger partial charge in [-0.05, 0) is 37.5 Å². The van der Waals surface area contributed by atoms with Crippen molar-refractivity contribution in [1.82, 2.24) is 4.90 Å². The Labute approximate surface area is 161 Å². The van der Waals surface area contributed by atoms with E-state index in [1.165, 1.54) is 0 Å². The number of rotatable bonds is 9. The Morgan fingerprint density at radius 1 is 1.22 bits per heavy atom. The van der Waals surface area contributed by atoms with Gasteiger partial charge in [-0.1, -0.05) is 18.9 Å². The van der Waals surface area contributed by atoms with Crippen LogP contribution < -0.4 is 4.74 Å². The van der Waals surface area contributed by atoms with Crippen molar-refractivity contribution in [1.29, 1.82) is 0 Å². The minimum absolute atomic E-state index is 0.222. The van der Waals surface area contributed by atoms with Gasteiger partial charge in [-0.3, -0.25) is 0 Å². The van der Waals surface area contributed by atoms with Gasteiger partial charge in [-0.15, -0.1) is 0 Å². The Kier molecular flexibility index (Phi) is 6.60. The first-order chi connectivity index (χ1) is 13.0. The Morgan fingerprint density at radius 2 is 2.04 bits per heavy atom. The number of hydrogen-bond donors (Lipinski definition) is 0. The molecule has 6 nitrogen and oxygen atoms in total. The van der Waals surface area contributed by atoms with E-state index in [9.17, 15) is 4.79 Å². The zero-order chi connectivity index (χ0) is 19.3. The summed E-state index contributed by atoms with van der Waals surface area (Å²) in [7, 11) is 0. The van der Waals surface area contributed by atoms with Crippen LogP contribution in [0.4, 0.5) is 4.79 Å². The van der Waals surface area contributed by atoms with Gasteiger partial charge in [0.1, 0.15) is 11.9 Å². The quantitative estimate of drug-likeness (QED) is 0.596. The van der Waals surface area contributed by atoms with Gasteiger partial charge >= 0.3 is 6.09 Å². The largest absolute Gasteiger partial charge is 0.463 e. The molecule has 3 rings (SSSR count). The molecule has 1 aromatic carbocycles. The summed E-state index contributed by atoms with van der Waals surface area (Å²) in [6, 6.07) is 5.96. The summed E-state index contributed by atoms with van der Waals surface area (Å²) in [6.07, 6.45) is 3.86.